The Balaban J connectivity index is 2.02. The molecular formula is C24H30N6O5. The number of nitrogens with zero attached hydrogens (tertiary/aromatic N) is 1. The number of aliphatic imine (C=N–C) groups is 1. The van der Waals surface area contributed by atoms with Gasteiger partial charge in [-0.2, -0.15) is 0 Å². The van der Waals surface area contributed by atoms with E-state index >= 15 is 0 Å². The molecule has 2 rings (SSSR count). The number of carbonyl (C=O) groups is 4. The van der Waals surface area contributed by atoms with E-state index in [0.717, 1.165) is 5.56 Å². The zero-order chi connectivity index (χ0) is 25.6. The van der Waals surface area contributed by atoms with Crippen LogP contribution < -0.4 is 27.4 Å². The molecule has 186 valence electrons. The van der Waals surface area contributed by atoms with E-state index in [1.165, 1.54) is 0 Å². The molecule has 2 aromatic rings. The Morgan fingerprint density at radius 1 is 0.886 bits per heavy atom. The van der Waals surface area contributed by atoms with Crippen LogP contribution in [0.5, 0.6) is 0 Å². The first-order chi connectivity index (χ1) is 16.8. The molecular weight excluding hydrogens is 452 g/mol. The van der Waals surface area contributed by atoms with Crippen LogP contribution in [0, 0.1) is 0 Å². The Bertz CT molecular complexity index is 1030. The van der Waals surface area contributed by atoms with Crippen molar-refractivity contribution in [3.8, 4) is 0 Å². The molecule has 0 saturated carbocycles. The van der Waals surface area contributed by atoms with Crippen LogP contribution in [-0.4, -0.2) is 59.9 Å². The number of carbonyl (C=O) groups excluding carboxylic acids is 3. The molecule has 8 N–H and O–H groups in total. The van der Waals surface area contributed by atoms with Crippen LogP contribution in [0.4, 0.5) is 0 Å². The fraction of sp³-hybridized carbons (Fsp3) is 0.292. The van der Waals surface area contributed by atoms with E-state index in [0.29, 0.717) is 12.0 Å². The Hall–Kier alpha value is -4.41. The maximum atomic E-state index is 13.0. The highest BCUT2D eigenvalue weighted by molar-refractivity contribution is 5.97. The highest BCUT2D eigenvalue weighted by Crippen LogP contribution is 2.06. The summed E-state index contributed by atoms with van der Waals surface area (Å²) in [6.07, 6.45) is 0.554. The van der Waals surface area contributed by atoms with Gasteiger partial charge in [-0.1, -0.05) is 48.5 Å². The maximum absolute atomic E-state index is 13.0. The number of benzene rings is 2. The Morgan fingerprint density at radius 2 is 1.51 bits per heavy atom. The predicted octanol–water partition coefficient (Wildman–Crippen LogP) is -0.233. The van der Waals surface area contributed by atoms with Crippen LogP contribution in [0.15, 0.2) is 65.7 Å². The van der Waals surface area contributed by atoms with Crippen molar-refractivity contribution in [3.63, 3.8) is 0 Å². The normalized spacial score (nSPS) is 12.0. The summed E-state index contributed by atoms with van der Waals surface area (Å²) >= 11 is 0. The zero-order valence-electron chi connectivity index (χ0n) is 19.1. The third-order valence-electron chi connectivity index (χ3n) is 4.94. The highest BCUT2D eigenvalue weighted by atomic mass is 16.4. The number of carboxylic acids is 1. The van der Waals surface area contributed by atoms with E-state index in [9.17, 15) is 24.3 Å². The number of nitrogens with one attached hydrogen (secondary N) is 3. The van der Waals surface area contributed by atoms with Gasteiger partial charge in [0, 0.05) is 18.5 Å². The van der Waals surface area contributed by atoms with Gasteiger partial charge >= 0.3 is 5.97 Å². The predicted molar refractivity (Wildman–Crippen MR) is 130 cm³/mol. The Kier molecular flexibility index (Phi) is 10.7. The molecule has 2 unspecified atom stereocenters. The molecule has 0 aliphatic heterocycles. The van der Waals surface area contributed by atoms with Gasteiger partial charge in [0.15, 0.2) is 5.96 Å². The lowest BCUT2D eigenvalue weighted by Crippen LogP contribution is -2.54. The topological polar surface area (TPSA) is 189 Å². The van der Waals surface area contributed by atoms with Crippen LogP contribution in [0.25, 0.3) is 0 Å². The van der Waals surface area contributed by atoms with Gasteiger partial charge in [0.05, 0.1) is 6.54 Å². The van der Waals surface area contributed by atoms with E-state index in [4.69, 9.17) is 11.5 Å². The molecule has 0 bridgehead atoms. The van der Waals surface area contributed by atoms with Crippen LogP contribution in [0.3, 0.4) is 0 Å². The molecule has 0 aromatic heterocycles. The van der Waals surface area contributed by atoms with Gasteiger partial charge in [-0.25, -0.2) is 4.79 Å². The highest BCUT2D eigenvalue weighted by Gasteiger charge is 2.26. The number of hydrogen-bond donors (Lipinski definition) is 6. The van der Waals surface area contributed by atoms with Crippen molar-refractivity contribution in [2.45, 2.75) is 31.3 Å². The fourth-order valence-corrected chi connectivity index (χ4v) is 3.19. The molecule has 0 heterocycles. The second-order valence-electron chi connectivity index (χ2n) is 7.71. The summed E-state index contributed by atoms with van der Waals surface area (Å²) < 4.78 is 0. The Labute approximate surface area is 203 Å². The average molecular weight is 483 g/mol. The van der Waals surface area contributed by atoms with Crippen LogP contribution in [0.1, 0.15) is 28.8 Å². The quantitative estimate of drug-likeness (QED) is 0.129. The zero-order valence-corrected chi connectivity index (χ0v) is 19.1. The molecule has 0 aliphatic carbocycles. The van der Waals surface area contributed by atoms with Crippen molar-refractivity contribution in [2.24, 2.45) is 16.5 Å². The van der Waals surface area contributed by atoms with Crippen LogP contribution >= 0.6 is 0 Å². The van der Waals surface area contributed by atoms with Crippen molar-refractivity contribution in [3.05, 3.63) is 71.8 Å². The number of aliphatic carboxylic acids is 1. The van der Waals surface area contributed by atoms with Crippen molar-refractivity contribution in [2.75, 3.05) is 13.1 Å². The maximum Gasteiger partial charge on any atom is 0.326 e. The van der Waals surface area contributed by atoms with Gasteiger partial charge in [0.2, 0.25) is 11.8 Å². The molecule has 11 nitrogen and oxygen atoms in total. The van der Waals surface area contributed by atoms with Crippen molar-refractivity contribution >= 4 is 29.7 Å². The monoisotopic (exact) mass is 482 g/mol. The van der Waals surface area contributed by atoms with Crippen LogP contribution in [0.2, 0.25) is 0 Å². The molecule has 11 heteroatoms. The largest absolute Gasteiger partial charge is 0.480 e. The van der Waals surface area contributed by atoms with Gasteiger partial charge in [0.1, 0.15) is 12.1 Å². The van der Waals surface area contributed by atoms with Gasteiger partial charge in [-0.15, -0.1) is 0 Å². The van der Waals surface area contributed by atoms with Gasteiger partial charge < -0.3 is 32.5 Å². The molecule has 2 atom stereocenters. The lowest BCUT2D eigenvalue weighted by atomic mass is 10.0. The molecule has 35 heavy (non-hydrogen) atoms. The number of guanidine groups is 1. The first-order valence-corrected chi connectivity index (χ1v) is 11.0. The van der Waals surface area contributed by atoms with Crippen molar-refractivity contribution < 1.29 is 24.3 Å². The number of carboxylic acid groups (broad SMARTS) is 1. The number of amides is 3. The Morgan fingerprint density at radius 3 is 2.11 bits per heavy atom. The summed E-state index contributed by atoms with van der Waals surface area (Å²) in [5.41, 5.74) is 11.7. The minimum absolute atomic E-state index is 0.0942. The second-order valence-corrected chi connectivity index (χ2v) is 7.71. The summed E-state index contributed by atoms with van der Waals surface area (Å²) in [6, 6.07) is 15.1. The second kappa shape index (κ2) is 14.0. The number of rotatable bonds is 13. The molecule has 2 aromatic carbocycles. The number of nitrogens with two attached hydrogens (primary N) is 2. The van der Waals surface area contributed by atoms with Gasteiger partial charge in [-0.3, -0.25) is 19.4 Å². The summed E-state index contributed by atoms with van der Waals surface area (Å²) in [5, 5.41) is 17.1. The first kappa shape index (κ1) is 26.8. The van der Waals surface area contributed by atoms with E-state index < -0.39 is 35.8 Å². The minimum atomic E-state index is -1.22. The third kappa shape index (κ3) is 9.95. The fourth-order valence-electron chi connectivity index (χ4n) is 3.19. The van der Waals surface area contributed by atoms with E-state index in [1.54, 1.807) is 54.6 Å². The molecule has 3 amide bonds. The smallest absolute Gasteiger partial charge is 0.326 e. The van der Waals surface area contributed by atoms with Gasteiger partial charge in [0.25, 0.3) is 5.91 Å². The lowest BCUT2D eigenvalue weighted by molar-refractivity contribution is -0.142. The molecule has 0 radical (unpaired) electrons. The number of hydrogen-bond acceptors (Lipinski definition) is 5. The summed E-state index contributed by atoms with van der Waals surface area (Å²) in [7, 11) is 0. The molecule has 0 aliphatic rings. The SMILES string of the molecule is NC(N)=NCCCC(NC(=O)C(Cc1ccccc1)NC(=O)CNC(=O)c1ccccc1)C(=O)O. The van der Waals surface area contributed by atoms with E-state index in [2.05, 4.69) is 20.9 Å². The molecule has 0 saturated heterocycles. The summed E-state index contributed by atoms with van der Waals surface area (Å²) in [4.78, 5) is 53.1. The standard InChI is InChI=1S/C24H30N6O5/c25-24(26)27-13-7-12-18(23(34)35)30-22(33)19(14-16-8-3-1-4-9-16)29-20(31)15-28-21(32)17-10-5-2-6-11-17/h1-6,8-11,18-19H,7,12-15H2,(H,28,32)(H,29,31)(H,30,33)(H,34,35)(H4,25,26,27). The van der Waals surface area contributed by atoms with E-state index in [1.807, 2.05) is 6.07 Å². The first-order valence-electron chi connectivity index (χ1n) is 11.0. The van der Waals surface area contributed by atoms with E-state index in [-0.39, 0.29) is 31.9 Å². The summed E-state index contributed by atoms with van der Waals surface area (Å²) in [6.45, 7) is -0.138. The van der Waals surface area contributed by atoms with Crippen molar-refractivity contribution in [1.82, 2.24) is 16.0 Å². The van der Waals surface area contributed by atoms with Crippen LogP contribution in [-0.2, 0) is 20.8 Å². The summed E-state index contributed by atoms with van der Waals surface area (Å²) in [5.74, 6) is -3.01. The van der Waals surface area contributed by atoms with Gasteiger partial charge in [-0.05, 0) is 30.5 Å². The van der Waals surface area contributed by atoms with Crippen molar-refractivity contribution in [1.29, 1.82) is 0 Å². The lowest BCUT2D eigenvalue weighted by Gasteiger charge is -2.22. The average Bonchev–Trinajstić information content (AvgIpc) is 2.84. The minimum Gasteiger partial charge on any atom is -0.480 e. The molecule has 0 spiro atoms. The molecule has 0 fully saturated rings. The third-order valence-corrected chi connectivity index (χ3v) is 4.94.